The van der Waals surface area contributed by atoms with Crippen LogP contribution < -0.4 is 0 Å². The van der Waals surface area contributed by atoms with Crippen LogP contribution in [0, 0.1) is 11.8 Å². The lowest BCUT2D eigenvalue weighted by atomic mass is 9.92. The van der Waals surface area contributed by atoms with Gasteiger partial charge in [-0.3, -0.25) is 0 Å². The highest BCUT2D eigenvalue weighted by molar-refractivity contribution is 5.33. The summed E-state index contributed by atoms with van der Waals surface area (Å²) in [5.41, 5.74) is 3.03. The van der Waals surface area contributed by atoms with Crippen molar-refractivity contribution in [1.82, 2.24) is 0 Å². The van der Waals surface area contributed by atoms with E-state index < -0.39 is 0 Å². The first-order valence-corrected chi connectivity index (χ1v) is 6.17. The molecule has 0 aromatic carbocycles. The molecule has 0 heterocycles. The molecular weight excluding hydrogens is 180 g/mol. The van der Waals surface area contributed by atoms with Crippen LogP contribution in [0.4, 0.5) is 0 Å². The Hall–Kier alpha value is -0.780. The minimum absolute atomic E-state index is 0.658. The lowest BCUT2D eigenvalue weighted by molar-refractivity contribution is 0.762. The van der Waals surface area contributed by atoms with Gasteiger partial charge in [0.05, 0.1) is 0 Å². The summed E-state index contributed by atoms with van der Waals surface area (Å²) in [4.78, 5) is 0. The Bertz CT molecular complexity index is 274. The van der Waals surface area contributed by atoms with Gasteiger partial charge in [0.15, 0.2) is 0 Å². The van der Waals surface area contributed by atoms with Crippen molar-refractivity contribution >= 4 is 0 Å². The van der Waals surface area contributed by atoms with Gasteiger partial charge >= 0.3 is 0 Å². The van der Waals surface area contributed by atoms with Crippen molar-refractivity contribution in [2.75, 3.05) is 0 Å². The van der Waals surface area contributed by atoms with E-state index in [9.17, 15) is 0 Å². The van der Waals surface area contributed by atoms with Crippen molar-refractivity contribution in [2.45, 2.75) is 47.0 Å². The Labute approximate surface area is 94.8 Å². The third-order valence-corrected chi connectivity index (χ3v) is 2.54. The van der Waals surface area contributed by atoms with E-state index in [0.29, 0.717) is 11.8 Å². The molecule has 1 rings (SSSR count). The van der Waals surface area contributed by atoms with Crippen LogP contribution in [0.15, 0.2) is 35.5 Å². The van der Waals surface area contributed by atoms with Gasteiger partial charge in [-0.15, -0.1) is 0 Å². The smallest absolute Gasteiger partial charge is 0.0276 e. The Morgan fingerprint density at radius 2 is 1.80 bits per heavy atom. The van der Waals surface area contributed by atoms with E-state index in [-0.39, 0.29) is 0 Å². The van der Waals surface area contributed by atoms with Crippen LogP contribution in [0.2, 0.25) is 0 Å². The molecule has 0 nitrogen and oxygen atoms in total. The van der Waals surface area contributed by atoms with Crippen molar-refractivity contribution in [1.29, 1.82) is 0 Å². The van der Waals surface area contributed by atoms with Crippen molar-refractivity contribution < 1.29 is 0 Å². The van der Waals surface area contributed by atoms with Gasteiger partial charge in [0.1, 0.15) is 0 Å². The summed E-state index contributed by atoms with van der Waals surface area (Å²) in [5, 5.41) is 0. The maximum absolute atomic E-state index is 2.39. The second-order valence-corrected chi connectivity index (χ2v) is 5.16. The van der Waals surface area contributed by atoms with E-state index >= 15 is 0 Å². The van der Waals surface area contributed by atoms with Gasteiger partial charge in [0.2, 0.25) is 0 Å². The zero-order valence-corrected chi connectivity index (χ0v) is 10.6. The molecule has 1 aliphatic rings. The van der Waals surface area contributed by atoms with Crippen LogP contribution in [-0.2, 0) is 0 Å². The van der Waals surface area contributed by atoms with Gasteiger partial charge in [-0.05, 0) is 36.7 Å². The van der Waals surface area contributed by atoms with Crippen LogP contribution in [0.3, 0.4) is 0 Å². The number of hydrogen-bond acceptors (Lipinski definition) is 0. The summed E-state index contributed by atoms with van der Waals surface area (Å²) in [6, 6.07) is 0. The maximum atomic E-state index is 2.39. The maximum Gasteiger partial charge on any atom is -0.0276 e. The largest absolute Gasteiger partial charge is 0.0817 e. The fraction of sp³-hybridized carbons (Fsp3) is 0.600. The monoisotopic (exact) mass is 204 g/mol. The second-order valence-electron chi connectivity index (χ2n) is 5.16. The first-order chi connectivity index (χ1) is 7.08. The van der Waals surface area contributed by atoms with Crippen molar-refractivity contribution in [3.8, 4) is 0 Å². The molecule has 0 saturated carbocycles. The van der Waals surface area contributed by atoms with E-state index in [1.54, 1.807) is 0 Å². The normalized spacial score (nSPS) is 20.7. The van der Waals surface area contributed by atoms with Gasteiger partial charge in [-0.25, -0.2) is 0 Å². The molecule has 0 saturated heterocycles. The predicted molar refractivity (Wildman–Crippen MR) is 68.8 cm³/mol. The number of allylic oxidation sites excluding steroid dienone is 6. The van der Waals surface area contributed by atoms with Gasteiger partial charge in [-0.2, -0.15) is 0 Å². The molecule has 0 fully saturated rings. The molecule has 1 aliphatic carbocycles. The minimum Gasteiger partial charge on any atom is -0.0817 e. The summed E-state index contributed by atoms with van der Waals surface area (Å²) >= 11 is 0. The molecule has 0 aromatic rings. The lowest BCUT2D eigenvalue weighted by Crippen LogP contribution is -1.95. The second kappa shape index (κ2) is 5.95. The summed E-state index contributed by atoms with van der Waals surface area (Å²) in [6.07, 6.45) is 13.2. The van der Waals surface area contributed by atoms with Crippen LogP contribution in [0.1, 0.15) is 47.0 Å². The molecule has 0 N–H and O–H groups in total. The quantitative estimate of drug-likeness (QED) is 0.614. The summed E-state index contributed by atoms with van der Waals surface area (Å²) in [5.74, 6) is 1.33. The minimum atomic E-state index is 0.658. The molecule has 0 bridgehead atoms. The Morgan fingerprint density at radius 1 is 1.07 bits per heavy atom. The molecule has 15 heavy (non-hydrogen) atoms. The van der Waals surface area contributed by atoms with Crippen molar-refractivity contribution in [3.05, 3.63) is 35.5 Å². The molecule has 0 heteroatoms. The summed E-state index contributed by atoms with van der Waals surface area (Å²) in [6.45, 7) is 8.95. The van der Waals surface area contributed by atoms with E-state index in [1.807, 2.05) is 0 Å². The molecule has 0 atom stereocenters. The van der Waals surface area contributed by atoms with Gasteiger partial charge in [0, 0.05) is 0 Å². The average Bonchev–Trinajstić information content (AvgIpc) is 2.14. The van der Waals surface area contributed by atoms with E-state index in [2.05, 4.69) is 52.0 Å². The fourth-order valence-electron chi connectivity index (χ4n) is 1.89. The Kier molecular flexibility index (Phi) is 4.87. The third-order valence-electron chi connectivity index (χ3n) is 2.54. The van der Waals surface area contributed by atoms with E-state index in [1.165, 1.54) is 30.4 Å². The van der Waals surface area contributed by atoms with E-state index in [0.717, 1.165) is 0 Å². The lowest BCUT2D eigenvalue weighted by Gasteiger charge is -2.13. The van der Waals surface area contributed by atoms with Crippen molar-refractivity contribution in [3.63, 3.8) is 0 Å². The van der Waals surface area contributed by atoms with Crippen LogP contribution >= 0.6 is 0 Å². The molecule has 0 amide bonds. The molecular formula is C15H24. The fourth-order valence-corrected chi connectivity index (χ4v) is 1.89. The highest BCUT2D eigenvalue weighted by Crippen LogP contribution is 2.24. The molecule has 0 aromatic heterocycles. The highest BCUT2D eigenvalue weighted by Gasteiger charge is 2.05. The first-order valence-electron chi connectivity index (χ1n) is 6.17. The molecule has 0 unspecified atom stereocenters. The van der Waals surface area contributed by atoms with Crippen LogP contribution in [0.25, 0.3) is 0 Å². The predicted octanol–water partition coefficient (Wildman–Crippen LogP) is 4.89. The molecule has 0 radical (unpaired) electrons. The highest BCUT2D eigenvalue weighted by atomic mass is 14.1. The number of hydrogen-bond donors (Lipinski definition) is 0. The Morgan fingerprint density at radius 3 is 2.40 bits per heavy atom. The summed E-state index contributed by atoms with van der Waals surface area (Å²) in [7, 11) is 0. The molecule has 0 aliphatic heterocycles. The molecule has 0 spiro atoms. The van der Waals surface area contributed by atoms with Gasteiger partial charge in [-0.1, -0.05) is 57.6 Å². The molecule has 84 valence electrons. The van der Waals surface area contributed by atoms with Crippen LogP contribution in [-0.4, -0.2) is 0 Å². The van der Waals surface area contributed by atoms with Crippen LogP contribution in [0.5, 0.6) is 0 Å². The SMILES string of the molecule is CC(C)/C=C/C1=CC(=C/C(C)C)/CCC1. The van der Waals surface area contributed by atoms with Gasteiger partial charge < -0.3 is 0 Å². The van der Waals surface area contributed by atoms with Crippen molar-refractivity contribution in [2.24, 2.45) is 11.8 Å². The zero-order valence-electron chi connectivity index (χ0n) is 10.6. The van der Waals surface area contributed by atoms with E-state index in [4.69, 9.17) is 0 Å². The summed E-state index contributed by atoms with van der Waals surface area (Å²) < 4.78 is 0. The van der Waals surface area contributed by atoms with Gasteiger partial charge in [0.25, 0.3) is 0 Å². The topological polar surface area (TPSA) is 0 Å². The Balaban J connectivity index is 2.69. The third kappa shape index (κ3) is 5.01. The number of rotatable bonds is 3. The average molecular weight is 204 g/mol. The first kappa shape index (κ1) is 12.3. The standard InChI is InChI=1S/C15H24/c1-12(2)8-9-14-6-5-7-15(11-14)10-13(3)4/h8-13H,5-7H2,1-4H3/b9-8+,15-10+. The zero-order chi connectivity index (χ0) is 11.3.